The minimum atomic E-state index is -0.280. The lowest BCUT2D eigenvalue weighted by atomic mass is 10.3. The van der Waals surface area contributed by atoms with Crippen molar-refractivity contribution in [1.82, 2.24) is 15.3 Å². The number of amides is 1. The van der Waals surface area contributed by atoms with Gasteiger partial charge in [0.05, 0.1) is 11.4 Å². The fourth-order valence-corrected chi connectivity index (χ4v) is 2.03. The number of anilines is 1. The molecular formula is C11H13N5OS. The topological polar surface area (TPSA) is 105 Å². The minimum Gasteiger partial charge on any atom is -0.382 e. The van der Waals surface area contributed by atoms with Gasteiger partial charge in [-0.3, -0.25) is 4.79 Å². The van der Waals surface area contributed by atoms with E-state index in [9.17, 15) is 4.79 Å². The Bertz CT molecular complexity index is 509. The number of nitriles is 1. The van der Waals surface area contributed by atoms with Crippen molar-refractivity contribution in [2.45, 2.75) is 36.2 Å². The molecule has 1 aromatic rings. The van der Waals surface area contributed by atoms with Crippen LogP contribution >= 0.6 is 11.8 Å². The number of thioether (sulfide) groups is 1. The third-order valence-corrected chi connectivity index (χ3v) is 3.47. The first-order valence-electron chi connectivity index (χ1n) is 5.60. The number of hydrogen-bond acceptors (Lipinski definition) is 6. The number of carbonyl (C=O) groups is 1. The van der Waals surface area contributed by atoms with Crippen molar-refractivity contribution in [2.75, 3.05) is 5.73 Å². The van der Waals surface area contributed by atoms with E-state index in [0.29, 0.717) is 11.2 Å². The van der Waals surface area contributed by atoms with Crippen LogP contribution in [0.4, 0.5) is 5.82 Å². The average Bonchev–Trinajstić information content (AvgIpc) is 3.13. The molecule has 18 heavy (non-hydrogen) atoms. The SMILES string of the molecule is CC(Sc1ncc(C#N)c(N)n1)C(=O)NC1CC1. The molecule has 3 N–H and O–H groups in total. The summed E-state index contributed by atoms with van der Waals surface area (Å²) in [5.41, 5.74) is 5.83. The summed E-state index contributed by atoms with van der Waals surface area (Å²) in [6.07, 6.45) is 3.49. The van der Waals surface area contributed by atoms with Gasteiger partial charge >= 0.3 is 0 Å². The van der Waals surface area contributed by atoms with Crippen LogP contribution in [0, 0.1) is 11.3 Å². The number of nitrogens with one attached hydrogen (secondary N) is 1. The molecule has 1 heterocycles. The zero-order valence-corrected chi connectivity index (χ0v) is 10.7. The Balaban J connectivity index is 1.97. The van der Waals surface area contributed by atoms with Gasteiger partial charge in [0.25, 0.3) is 0 Å². The largest absolute Gasteiger partial charge is 0.382 e. The molecule has 1 atom stereocenters. The Labute approximate surface area is 109 Å². The van der Waals surface area contributed by atoms with Gasteiger partial charge < -0.3 is 11.1 Å². The maximum absolute atomic E-state index is 11.7. The van der Waals surface area contributed by atoms with Crippen LogP contribution in [0.3, 0.4) is 0 Å². The molecule has 7 heteroatoms. The summed E-state index contributed by atoms with van der Waals surface area (Å²) in [4.78, 5) is 19.7. The summed E-state index contributed by atoms with van der Waals surface area (Å²) in [5, 5.41) is 11.7. The predicted octanol–water partition coefficient (Wildman–Crippen LogP) is 0.690. The highest BCUT2D eigenvalue weighted by atomic mass is 32.2. The molecule has 1 saturated carbocycles. The van der Waals surface area contributed by atoms with Gasteiger partial charge in [-0.1, -0.05) is 11.8 Å². The number of nitrogens with zero attached hydrogens (tertiary/aromatic N) is 3. The number of carbonyl (C=O) groups excluding carboxylic acids is 1. The molecule has 1 aromatic heterocycles. The van der Waals surface area contributed by atoms with Gasteiger partial charge in [-0.25, -0.2) is 9.97 Å². The van der Waals surface area contributed by atoms with Crippen molar-refractivity contribution in [2.24, 2.45) is 0 Å². The van der Waals surface area contributed by atoms with Crippen LogP contribution in [0.2, 0.25) is 0 Å². The van der Waals surface area contributed by atoms with Crippen LogP contribution in [-0.2, 0) is 4.79 Å². The van der Waals surface area contributed by atoms with Crippen molar-refractivity contribution in [3.8, 4) is 6.07 Å². The molecule has 2 rings (SSSR count). The van der Waals surface area contributed by atoms with Crippen LogP contribution in [0.25, 0.3) is 0 Å². The second kappa shape index (κ2) is 5.23. The lowest BCUT2D eigenvalue weighted by Crippen LogP contribution is -2.32. The Hall–Kier alpha value is -1.81. The van der Waals surface area contributed by atoms with Crippen molar-refractivity contribution in [1.29, 1.82) is 5.26 Å². The normalized spacial score (nSPS) is 15.8. The highest BCUT2D eigenvalue weighted by Gasteiger charge is 2.26. The van der Waals surface area contributed by atoms with Crippen molar-refractivity contribution in [3.05, 3.63) is 11.8 Å². The van der Waals surface area contributed by atoms with Gasteiger partial charge in [0.15, 0.2) is 5.16 Å². The molecule has 1 fully saturated rings. The third kappa shape index (κ3) is 3.11. The van der Waals surface area contributed by atoms with Gasteiger partial charge in [0.1, 0.15) is 17.5 Å². The Morgan fingerprint density at radius 2 is 2.44 bits per heavy atom. The van der Waals surface area contributed by atoms with Crippen molar-refractivity contribution >= 4 is 23.5 Å². The fourth-order valence-electron chi connectivity index (χ4n) is 1.28. The Morgan fingerprint density at radius 1 is 1.72 bits per heavy atom. The molecule has 6 nitrogen and oxygen atoms in total. The number of aromatic nitrogens is 2. The van der Waals surface area contributed by atoms with E-state index in [-0.39, 0.29) is 22.5 Å². The van der Waals surface area contributed by atoms with Crippen LogP contribution in [-0.4, -0.2) is 27.2 Å². The van der Waals surface area contributed by atoms with E-state index in [1.165, 1.54) is 18.0 Å². The molecular weight excluding hydrogens is 250 g/mol. The monoisotopic (exact) mass is 263 g/mol. The molecule has 0 radical (unpaired) electrons. The molecule has 0 aromatic carbocycles. The second-order valence-corrected chi connectivity index (χ2v) is 5.41. The van der Waals surface area contributed by atoms with E-state index in [0.717, 1.165) is 12.8 Å². The van der Waals surface area contributed by atoms with E-state index < -0.39 is 0 Å². The molecule has 1 amide bonds. The summed E-state index contributed by atoms with van der Waals surface area (Å²) in [6.45, 7) is 1.79. The quantitative estimate of drug-likeness (QED) is 0.611. The van der Waals surface area contributed by atoms with E-state index in [1.807, 2.05) is 6.07 Å². The van der Waals surface area contributed by atoms with Crippen LogP contribution in [0.15, 0.2) is 11.4 Å². The summed E-state index contributed by atoms with van der Waals surface area (Å²) < 4.78 is 0. The highest BCUT2D eigenvalue weighted by molar-refractivity contribution is 8.00. The minimum absolute atomic E-state index is 0.0194. The molecule has 0 aliphatic heterocycles. The number of nitrogens with two attached hydrogens (primary N) is 1. The van der Waals surface area contributed by atoms with Gasteiger partial charge in [0.2, 0.25) is 5.91 Å². The standard InChI is InChI=1S/C11H13N5OS/c1-6(10(17)15-8-2-3-8)18-11-14-5-7(4-12)9(13)16-11/h5-6,8H,2-3H2,1H3,(H,15,17)(H2,13,14,16). The molecule has 94 valence electrons. The molecule has 1 aliphatic rings. The van der Waals surface area contributed by atoms with Gasteiger partial charge in [-0.2, -0.15) is 5.26 Å². The van der Waals surface area contributed by atoms with E-state index >= 15 is 0 Å². The van der Waals surface area contributed by atoms with Crippen molar-refractivity contribution in [3.63, 3.8) is 0 Å². The molecule has 1 unspecified atom stereocenters. The second-order valence-electron chi connectivity index (χ2n) is 4.11. The van der Waals surface area contributed by atoms with Crippen LogP contribution < -0.4 is 11.1 Å². The first-order valence-corrected chi connectivity index (χ1v) is 6.47. The fraction of sp³-hybridized carbons (Fsp3) is 0.455. The van der Waals surface area contributed by atoms with E-state index in [1.54, 1.807) is 6.92 Å². The van der Waals surface area contributed by atoms with Crippen LogP contribution in [0.5, 0.6) is 0 Å². The first-order chi connectivity index (χ1) is 8.60. The Kier molecular flexibility index (Phi) is 3.67. The third-order valence-electron chi connectivity index (χ3n) is 2.49. The Morgan fingerprint density at radius 3 is 3.00 bits per heavy atom. The van der Waals surface area contributed by atoms with Gasteiger partial charge in [-0.15, -0.1) is 0 Å². The van der Waals surface area contributed by atoms with Gasteiger partial charge in [-0.05, 0) is 19.8 Å². The maximum Gasteiger partial charge on any atom is 0.233 e. The van der Waals surface area contributed by atoms with Crippen molar-refractivity contribution < 1.29 is 4.79 Å². The summed E-state index contributed by atoms with van der Waals surface area (Å²) in [5.74, 6) is 0.124. The predicted molar refractivity (Wildman–Crippen MR) is 67.6 cm³/mol. The number of nitrogen functional groups attached to an aromatic ring is 1. The molecule has 0 spiro atoms. The van der Waals surface area contributed by atoms with E-state index in [4.69, 9.17) is 11.0 Å². The van der Waals surface area contributed by atoms with Gasteiger partial charge in [0, 0.05) is 6.04 Å². The number of hydrogen-bond donors (Lipinski definition) is 2. The zero-order valence-electron chi connectivity index (χ0n) is 9.88. The molecule has 1 aliphatic carbocycles. The molecule has 0 bridgehead atoms. The van der Waals surface area contributed by atoms with Crippen LogP contribution in [0.1, 0.15) is 25.3 Å². The summed E-state index contributed by atoms with van der Waals surface area (Å²) in [6, 6.07) is 2.23. The number of rotatable bonds is 4. The summed E-state index contributed by atoms with van der Waals surface area (Å²) >= 11 is 1.23. The molecule has 0 saturated heterocycles. The first kappa shape index (κ1) is 12.6. The average molecular weight is 263 g/mol. The summed E-state index contributed by atoms with van der Waals surface area (Å²) in [7, 11) is 0. The smallest absolute Gasteiger partial charge is 0.233 e. The lowest BCUT2D eigenvalue weighted by Gasteiger charge is -2.10. The highest BCUT2D eigenvalue weighted by Crippen LogP contribution is 2.23. The maximum atomic E-state index is 11.7. The zero-order chi connectivity index (χ0) is 13.1. The lowest BCUT2D eigenvalue weighted by molar-refractivity contribution is -0.120. The van der Waals surface area contributed by atoms with E-state index in [2.05, 4.69) is 15.3 Å².